The van der Waals surface area contributed by atoms with E-state index in [1.54, 1.807) is 12.4 Å². The van der Waals surface area contributed by atoms with Gasteiger partial charge in [0.05, 0.1) is 0 Å². The number of aromatic amines is 1. The third-order valence-corrected chi connectivity index (χ3v) is 3.30. The van der Waals surface area contributed by atoms with E-state index in [2.05, 4.69) is 29.1 Å². The van der Waals surface area contributed by atoms with E-state index < -0.39 is 0 Å². The summed E-state index contributed by atoms with van der Waals surface area (Å²) in [6, 6.07) is 11.7. The monoisotopic (exact) mass is 279 g/mol. The number of rotatable bonds is 4. The first-order valence-corrected chi connectivity index (χ1v) is 6.98. The van der Waals surface area contributed by atoms with Crippen LogP contribution in [-0.2, 0) is 0 Å². The molecule has 0 fully saturated rings. The molecular formula is C17H17N3O. The lowest BCUT2D eigenvalue weighted by molar-refractivity contribution is 0.104. The quantitative estimate of drug-likeness (QED) is 0.717. The Morgan fingerprint density at radius 1 is 1.19 bits per heavy atom. The molecule has 0 radical (unpaired) electrons. The van der Waals surface area contributed by atoms with Crippen molar-refractivity contribution in [2.45, 2.75) is 19.9 Å². The summed E-state index contributed by atoms with van der Waals surface area (Å²) in [5.41, 5.74) is 3.08. The van der Waals surface area contributed by atoms with E-state index in [4.69, 9.17) is 0 Å². The summed E-state index contributed by atoms with van der Waals surface area (Å²) in [5.74, 6) is 0.00495. The van der Waals surface area contributed by atoms with E-state index >= 15 is 0 Å². The van der Waals surface area contributed by atoms with Crippen molar-refractivity contribution in [1.82, 2.24) is 9.97 Å². The van der Waals surface area contributed by atoms with Gasteiger partial charge in [0.2, 0.25) is 0 Å². The lowest BCUT2D eigenvalue weighted by Gasteiger charge is -2.10. The summed E-state index contributed by atoms with van der Waals surface area (Å²) in [7, 11) is 0. The number of hydrogen-bond acceptors (Lipinski definition) is 3. The van der Waals surface area contributed by atoms with E-state index in [9.17, 15) is 4.79 Å². The number of benzene rings is 1. The first-order valence-electron chi connectivity index (χ1n) is 6.98. The Balaban J connectivity index is 1.91. The zero-order chi connectivity index (χ0) is 14.8. The van der Waals surface area contributed by atoms with Crippen molar-refractivity contribution < 1.29 is 4.79 Å². The summed E-state index contributed by atoms with van der Waals surface area (Å²) >= 11 is 0. The zero-order valence-corrected chi connectivity index (χ0v) is 12.1. The normalized spacial score (nSPS) is 11.0. The Labute approximate surface area is 123 Å². The fourth-order valence-electron chi connectivity index (χ4n) is 2.35. The van der Waals surface area contributed by atoms with E-state index in [1.807, 2.05) is 36.4 Å². The molecule has 0 aliphatic carbocycles. The van der Waals surface area contributed by atoms with Crippen LogP contribution in [0.25, 0.3) is 11.0 Å². The zero-order valence-electron chi connectivity index (χ0n) is 12.1. The second-order valence-electron chi connectivity index (χ2n) is 5.31. The Kier molecular flexibility index (Phi) is 3.44. The van der Waals surface area contributed by atoms with Gasteiger partial charge in [0, 0.05) is 40.6 Å². The average molecular weight is 279 g/mol. The van der Waals surface area contributed by atoms with Gasteiger partial charge in [-0.3, -0.25) is 4.79 Å². The summed E-state index contributed by atoms with van der Waals surface area (Å²) in [6.45, 7) is 4.16. The number of fused-ring (bicyclic) bond motifs is 1. The van der Waals surface area contributed by atoms with Crippen molar-refractivity contribution >= 4 is 22.5 Å². The molecule has 4 nitrogen and oxygen atoms in total. The molecule has 0 aliphatic rings. The molecule has 2 heterocycles. The van der Waals surface area contributed by atoms with Gasteiger partial charge < -0.3 is 10.3 Å². The van der Waals surface area contributed by atoms with Crippen molar-refractivity contribution in [2.24, 2.45) is 0 Å². The molecule has 0 aliphatic heterocycles. The van der Waals surface area contributed by atoms with Crippen LogP contribution >= 0.6 is 0 Å². The first-order chi connectivity index (χ1) is 10.1. The number of aromatic nitrogens is 2. The molecule has 2 aromatic heterocycles. The predicted octanol–water partition coefficient (Wildman–Crippen LogP) is 3.61. The molecule has 0 atom stereocenters. The van der Waals surface area contributed by atoms with Crippen LogP contribution in [0.4, 0.5) is 5.69 Å². The summed E-state index contributed by atoms with van der Waals surface area (Å²) in [4.78, 5) is 19.8. The van der Waals surface area contributed by atoms with Gasteiger partial charge in [-0.25, -0.2) is 4.98 Å². The van der Waals surface area contributed by atoms with E-state index in [0.29, 0.717) is 17.2 Å². The topological polar surface area (TPSA) is 57.8 Å². The Morgan fingerprint density at radius 2 is 1.95 bits per heavy atom. The average Bonchev–Trinajstić information content (AvgIpc) is 2.90. The molecule has 0 saturated carbocycles. The third-order valence-electron chi connectivity index (χ3n) is 3.30. The largest absolute Gasteiger partial charge is 0.383 e. The van der Waals surface area contributed by atoms with Crippen LogP contribution in [0.1, 0.15) is 29.8 Å². The fourth-order valence-corrected chi connectivity index (χ4v) is 2.35. The van der Waals surface area contributed by atoms with Crippen LogP contribution < -0.4 is 5.32 Å². The van der Waals surface area contributed by atoms with Gasteiger partial charge >= 0.3 is 0 Å². The molecule has 3 aromatic rings. The third kappa shape index (κ3) is 2.65. The Bertz CT molecular complexity index is 772. The van der Waals surface area contributed by atoms with Crippen LogP contribution in [0.2, 0.25) is 0 Å². The molecule has 0 bridgehead atoms. The van der Waals surface area contributed by atoms with Crippen LogP contribution in [0.3, 0.4) is 0 Å². The van der Waals surface area contributed by atoms with Gasteiger partial charge in [-0.15, -0.1) is 0 Å². The van der Waals surface area contributed by atoms with E-state index in [1.165, 1.54) is 0 Å². The minimum absolute atomic E-state index is 0.00495. The van der Waals surface area contributed by atoms with Gasteiger partial charge in [-0.05, 0) is 50.2 Å². The van der Waals surface area contributed by atoms with Gasteiger partial charge in [-0.2, -0.15) is 0 Å². The maximum Gasteiger partial charge on any atom is 0.195 e. The molecule has 1 aromatic carbocycles. The number of pyridine rings is 1. The van der Waals surface area contributed by atoms with Crippen molar-refractivity contribution in [3.8, 4) is 0 Å². The standard InChI is InChI=1S/C17H17N3O/c1-11(2)20-13-7-5-12(6-8-13)16(21)15-10-19-17-14(15)4-3-9-18-17/h3-11,20H,1-2H3,(H,18,19). The Hall–Kier alpha value is -2.62. The molecule has 0 amide bonds. The second kappa shape index (κ2) is 5.40. The van der Waals surface area contributed by atoms with Crippen molar-refractivity contribution in [3.05, 3.63) is 59.9 Å². The highest BCUT2D eigenvalue weighted by molar-refractivity contribution is 6.15. The summed E-state index contributed by atoms with van der Waals surface area (Å²) < 4.78 is 0. The van der Waals surface area contributed by atoms with Gasteiger partial charge in [0.1, 0.15) is 5.65 Å². The minimum atomic E-state index is 0.00495. The molecule has 0 spiro atoms. The smallest absolute Gasteiger partial charge is 0.195 e. The van der Waals surface area contributed by atoms with Gasteiger partial charge in [-0.1, -0.05) is 0 Å². The highest BCUT2D eigenvalue weighted by Crippen LogP contribution is 2.20. The number of carbonyl (C=O) groups is 1. The number of nitrogens with zero attached hydrogens (tertiary/aromatic N) is 1. The lowest BCUT2D eigenvalue weighted by atomic mass is 10.0. The second-order valence-corrected chi connectivity index (χ2v) is 5.31. The maximum absolute atomic E-state index is 12.6. The van der Waals surface area contributed by atoms with Crippen LogP contribution in [0.5, 0.6) is 0 Å². The SMILES string of the molecule is CC(C)Nc1ccc(C(=O)c2c[nH]c3ncccc23)cc1. The Morgan fingerprint density at radius 3 is 2.67 bits per heavy atom. The van der Waals surface area contributed by atoms with Crippen molar-refractivity contribution in [1.29, 1.82) is 0 Å². The number of hydrogen-bond donors (Lipinski definition) is 2. The van der Waals surface area contributed by atoms with Crippen molar-refractivity contribution in [3.63, 3.8) is 0 Å². The highest BCUT2D eigenvalue weighted by atomic mass is 16.1. The number of anilines is 1. The van der Waals surface area contributed by atoms with Gasteiger partial charge in [0.15, 0.2) is 5.78 Å². The lowest BCUT2D eigenvalue weighted by Crippen LogP contribution is -2.09. The molecular weight excluding hydrogens is 262 g/mol. The first kappa shape index (κ1) is 13.4. The molecule has 2 N–H and O–H groups in total. The summed E-state index contributed by atoms with van der Waals surface area (Å²) in [6.07, 6.45) is 3.43. The minimum Gasteiger partial charge on any atom is -0.383 e. The summed E-state index contributed by atoms with van der Waals surface area (Å²) in [5, 5.41) is 4.16. The highest BCUT2D eigenvalue weighted by Gasteiger charge is 2.14. The number of H-pyrrole nitrogens is 1. The molecule has 21 heavy (non-hydrogen) atoms. The molecule has 0 saturated heterocycles. The molecule has 4 heteroatoms. The molecule has 0 unspecified atom stereocenters. The van der Waals surface area contributed by atoms with Crippen LogP contribution in [-0.4, -0.2) is 21.8 Å². The molecule has 3 rings (SSSR count). The van der Waals surface area contributed by atoms with Crippen LogP contribution in [0, 0.1) is 0 Å². The van der Waals surface area contributed by atoms with E-state index in [0.717, 1.165) is 16.7 Å². The van der Waals surface area contributed by atoms with Gasteiger partial charge in [0.25, 0.3) is 0 Å². The maximum atomic E-state index is 12.6. The number of ketones is 1. The fraction of sp³-hybridized carbons (Fsp3) is 0.176. The van der Waals surface area contributed by atoms with Crippen LogP contribution in [0.15, 0.2) is 48.8 Å². The number of nitrogens with one attached hydrogen (secondary N) is 2. The van der Waals surface area contributed by atoms with Crippen molar-refractivity contribution in [2.75, 3.05) is 5.32 Å². The molecule has 106 valence electrons. The van der Waals surface area contributed by atoms with E-state index in [-0.39, 0.29) is 5.78 Å². The predicted molar refractivity (Wildman–Crippen MR) is 84.7 cm³/mol. The number of carbonyl (C=O) groups excluding carboxylic acids is 1.